The molecule has 0 spiro atoms. The van der Waals surface area contributed by atoms with Gasteiger partial charge in [-0.25, -0.2) is 4.39 Å². The van der Waals surface area contributed by atoms with Crippen molar-refractivity contribution >= 4 is 11.6 Å². The number of aryl methyl sites for hydroxylation is 2. The van der Waals surface area contributed by atoms with Gasteiger partial charge in [0.25, 0.3) is 0 Å². The third-order valence-electron chi connectivity index (χ3n) is 3.22. The van der Waals surface area contributed by atoms with Crippen molar-refractivity contribution in [3.8, 4) is 0 Å². The van der Waals surface area contributed by atoms with E-state index in [0.717, 1.165) is 5.56 Å². The van der Waals surface area contributed by atoms with E-state index in [-0.39, 0.29) is 12.2 Å². The van der Waals surface area contributed by atoms with Gasteiger partial charge in [0.1, 0.15) is 5.82 Å². The molecule has 0 aliphatic rings. The Morgan fingerprint density at radius 2 is 1.70 bits per heavy atom. The monoisotopic (exact) mass is 292 g/mol. The van der Waals surface area contributed by atoms with Gasteiger partial charge in [0.05, 0.1) is 6.10 Å². The molecule has 0 aliphatic heterocycles. The van der Waals surface area contributed by atoms with Crippen molar-refractivity contribution in [1.29, 1.82) is 0 Å². The highest BCUT2D eigenvalue weighted by atomic mass is 35.5. The molecule has 20 heavy (non-hydrogen) atoms. The molecule has 0 amide bonds. The zero-order chi connectivity index (χ0) is 14.7. The van der Waals surface area contributed by atoms with Crippen LogP contribution in [0.5, 0.6) is 0 Å². The second kappa shape index (κ2) is 6.38. The molecule has 2 rings (SSSR count). The number of aliphatic hydroxyl groups excluding tert-OH is 1. The molecule has 0 fully saturated rings. The van der Waals surface area contributed by atoms with Gasteiger partial charge < -0.3 is 5.11 Å². The van der Waals surface area contributed by atoms with E-state index in [9.17, 15) is 9.50 Å². The Balaban J connectivity index is 2.06. The number of hydrogen-bond donors (Lipinski definition) is 1. The lowest BCUT2D eigenvalue weighted by Crippen LogP contribution is -2.15. The quantitative estimate of drug-likeness (QED) is 0.893. The van der Waals surface area contributed by atoms with Crippen LogP contribution in [0.2, 0.25) is 5.02 Å². The lowest BCUT2D eigenvalue weighted by Gasteiger charge is -2.13. The third kappa shape index (κ3) is 4.06. The molecule has 0 heterocycles. The van der Waals surface area contributed by atoms with Gasteiger partial charge in [-0.3, -0.25) is 0 Å². The lowest BCUT2D eigenvalue weighted by molar-refractivity contribution is 0.174. The molecule has 0 saturated carbocycles. The molecule has 1 N–H and O–H groups in total. The summed E-state index contributed by atoms with van der Waals surface area (Å²) < 4.78 is 13.7. The van der Waals surface area contributed by atoms with E-state index in [2.05, 4.69) is 18.2 Å². The fourth-order valence-electron chi connectivity index (χ4n) is 2.47. The van der Waals surface area contributed by atoms with Gasteiger partial charge in [0.2, 0.25) is 0 Å². The van der Waals surface area contributed by atoms with Crippen LogP contribution in [0, 0.1) is 19.7 Å². The van der Waals surface area contributed by atoms with Crippen LogP contribution < -0.4 is 0 Å². The average molecular weight is 293 g/mol. The molecule has 1 atom stereocenters. The van der Waals surface area contributed by atoms with Crippen LogP contribution in [-0.4, -0.2) is 11.2 Å². The standard InChI is InChI=1S/C17H18ClFO/c1-11-5-12(2)7-13(6-11)8-16(20)9-14-3-4-15(18)10-17(14)19/h3-7,10,16,20H,8-9H2,1-2H3. The maximum Gasteiger partial charge on any atom is 0.127 e. The highest BCUT2D eigenvalue weighted by Gasteiger charge is 2.11. The molecule has 2 aromatic rings. The first-order valence-corrected chi connectivity index (χ1v) is 7.01. The summed E-state index contributed by atoms with van der Waals surface area (Å²) in [5, 5.41) is 10.5. The zero-order valence-corrected chi connectivity index (χ0v) is 12.4. The van der Waals surface area contributed by atoms with Gasteiger partial charge in [-0.1, -0.05) is 47.0 Å². The summed E-state index contributed by atoms with van der Waals surface area (Å²) in [7, 11) is 0. The van der Waals surface area contributed by atoms with Crippen LogP contribution in [0.15, 0.2) is 36.4 Å². The second-order valence-corrected chi connectivity index (χ2v) is 5.73. The van der Waals surface area contributed by atoms with Crippen LogP contribution in [0.25, 0.3) is 0 Å². The van der Waals surface area contributed by atoms with Crippen LogP contribution in [0.1, 0.15) is 22.3 Å². The van der Waals surface area contributed by atoms with Gasteiger partial charge in [-0.2, -0.15) is 0 Å². The zero-order valence-electron chi connectivity index (χ0n) is 11.7. The molecular formula is C17H18ClFO. The Morgan fingerprint density at radius 1 is 1.05 bits per heavy atom. The van der Waals surface area contributed by atoms with E-state index < -0.39 is 6.10 Å². The predicted octanol–water partition coefficient (Wildman–Crippen LogP) is 4.24. The maximum absolute atomic E-state index is 13.7. The van der Waals surface area contributed by atoms with E-state index in [1.807, 2.05) is 13.8 Å². The molecule has 0 radical (unpaired) electrons. The number of hydrogen-bond acceptors (Lipinski definition) is 1. The van der Waals surface area contributed by atoms with Crippen molar-refractivity contribution < 1.29 is 9.50 Å². The Kier molecular flexibility index (Phi) is 4.79. The Hall–Kier alpha value is -1.38. The smallest absolute Gasteiger partial charge is 0.127 e. The fraction of sp³-hybridized carbons (Fsp3) is 0.294. The van der Waals surface area contributed by atoms with E-state index >= 15 is 0 Å². The molecule has 3 heteroatoms. The summed E-state index contributed by atoms with van der Waals surface area (Å²) in [5.41, 5.74) is 3.91. The van der Waals surface area contributed by atoms with Crippen LogP contribution in [0.3, 0.4) is 0 Å². The first kappa shape index (κ1) is 15.0. The number of aliphatic hydroxyl groups is 1. The van der Waals surface area contributed by atoms with Crippen molar-refractivity contribution in [3.05, 3.63) is 69.5 Å². The first-order valence-electron chi connectivity index (χ1n) is 6.63. The first-order chi connectivity index (χ1) is 9.44. The molecule has 106 valence electrons. The Bertz CT molecular complexity index is 590. The number of benzene rings is 2. The Labute approximate surface area is 124 Å². The van der Waals surface area contributed by atoms with E-state index in [0.29, 0.717) is 17.0 Å². The third-order valence-corrected chi connectivity index (χ3v) is 3.46. The molecule has 0 aromatic heterocycles. The minimum Gasteiger partial charge on any atom is -0.392 e. The largest absolute Gasteiger partial charge is 0.392 e. The minimum atomic E-state index is -0.605. The summed E-state index contributed by atoms with van der Waals surface area (Å²) in [6.45, 7) is 4.06. The maximum atomic E-state index is 13.7. The van der Waals surface area contributed by atoms with Gasteiger partial charge in [-0.05, 0) is 43.5 Å². The second-order valence-electron chi connectivity index (χ2n) is 5.29. The van der Waals surface area contributed by atoms with Gasteiger partial charge >= 0.3 is 0 Å². The van der Waals surface area contributed by atoms with Gasteiger partial charge in [0, 0.05) is 11.4 Å². The topological polar surface area (TPSA) is 20.2 Å². The van der Waals surface area contributed by atoms with E-state index in [4.69, 9.17) is 11.6 Å². The highest BCUT2D eigenvalue weighted by Crippen LogP contribution is 2.18. The van der Waals surface area contributed by atoms with Gasteiger partial charge in [-0.15, -0.1) is 0 Å². The summed E-state index contributed by atoms with van der Waals surface area (Å²) >= 11 is 5.72. The predicted molar refractivity (Wildman–Crippen MR) is 80.7 cm³/mol. The minimum absolute atomic E-state index is 0.288. The van der Waals surface area contributed by atoms with Crippen LogP contribution >= 0.6 is 11.6 Å². The molecule has 2 aromatic carbocycles. The Morgan fingerprint density at radius 3 is 2.30 bits per heavy atom. The fourth-order valence-corrected chi connectivity index (χ4v) is 2.63. The van der Waals surface area contributed by atoms with Crippen LogP contribution in [0.4, 0.5) is 4.39 Å². The van der Waals surface area contributed by atoms with Crippen LogP contribution in [-0.2, 0) is 12.8 Å². The van der Waals surface area contributed by atoms with Crippen molar-refractivity contribution in [2.45, 2.75) is 32.8 Å². The van der Waals surface area contributed by atoms with Gasteiger partial charge in [0.15, 0.2) is 0 Å². The summed E-state index contributed by atoms with van der Waals surface area (Å²) in [5.74, 6) is -0.364. The summed E-state index contributed by atoms with van der Waals surface area (Å²) in [6.07, 6.45) is 0.201. The molecule has 0 saturated heterocycles. The van der Waals surface area contributed by atoms with Crippen molar-refractivity contribution in [2.75, 3.05) is 0 Å². The number of rotatable bonds is 4. The normalized spacial score (nSPS) is 12.4. The SMILES string of the molecule is Cc1cc(C)cc(CC(O)Cc2ccc(Cl)cc2F)c1. The molecule has 1 nitrogen and oxygen atoms in total. The van der Waals surface area contributed by atoms with E-state index in [1.54, 1.807) is 12.1 Å². The molecule has 0 aliphatic carbocycles. The van der Waals surface area contributed by atoms with E-state index in [1.165, 1.54) is 17.2 Å². The van der Waals surface area contributed by atoms with Crippen molar-refractivity contribution in [2.24, 2.45) is 0 Å². The average Bonchev–Trinajstić information content (AvgIpc) is 2.31. The summed E-state index contributed by atoms with van der Waals surface area (Å²) in [6, 6.07) is 10.7. The lowest BCUT2D eigenvalue weighted by atomic mass is 9.98. The number of halogens is 2. The highest BCUT2D eigenvalue weighted by molar-refractivity contribution is 6.30. The summed E-state index contributed by atoms with van der Waals surface area (Å²) in [4.78, 5) is 0. The van der Waals surface area contributed by atoms with Crippen molar-refractivity contribution in [3.63, 3.8) is 0 Å². The van der Waals surface area contributed by atoms with Crippen molar-refractivity contribution in [1.82, 2.24) is 0 Å². The molecule has 0 bridgehead atoms. The molecular weight excluding hydrogens is 275 g/mol. The molecule has 1 unspecified atom stereocenters.